The first-order chi connectivity index (χ1) is 8.16. The van der Waals surface area contributed by atoms with E-state index in [1.807, 2.05) is 25.1 Å². The van der Waals surface area contributed by atoms with Crippen molar-refractivity contribution in [1.29, 1.82) is 0 Å². The number of hydrogen-bond donors (Lipinski definition) is 1. The number of carbonyl (C=O) groups is 1. The molecule has 0 unspecified atom stereocenters. The van der Waals surface area contributed by atoms with E-state index in [4.69, 9.17) is 9.84 Å². The summed E-state index contributed by atoms with van der Waals surface area (Å²) in [4.78, 5) is 12.4. The molecule has 0 radical (unpaired) electrons. The predicted molar refractivity (Wildman–Crippen MR) is 65.8 cm³/mol. The van der Waals surface area contributed by atoms with Crippen LogP contribution < -0.4 is 4.74 Å². The number of carboxylic acids is 1. The van der Waals surface area contributed by atoms with Crippen LogP contribution in [0.15, 0.2) is 24.3 Å². The zero-order chi connectivity index (χ0) is 12.0. The number of carboxylic acid groups (broad SMARTS) is 1. The van der Waals surface area contributed by atoms with E-state index in [0.717, 1.165) is 27.3 Å². The minimum Gasteiger partial charge on any atom is -0.488 e. The van der Waals surface area contributed by atoms with Crippen molar-refractivity contribution in [3.63, 3.8) is 0 Å². The maximum absolute atomic E-state index is 11.0. The number of aryl methyl sites for hydroxylation is 1. The van der Waals surface area contributed by atoms with Gasteiger partial charge in [-0.3, -0.25) is 0 Å². The van der Waals surface area contributed by atoms with Gasteiger partial charge >= 0.3 is 5.97 Å². The van der Waals surface area contributed by atoms with Crippen LogP contribution in [0.5, 0.6) is 5.75 Å². The molecule has 1 N–H and O–H groups in total. The monoisotopic (exact) mass is 246 g/mol. The molecule has 1 aromatic heterocycles. The van der Waals surface area contributed by atoms with E-state index in [2.05, 4.69) is 0 Å². The first-order valence-corrected chi connectivity index (χ1v) is 6.07. The molecule has 3 rings (SSSR count). The molecular weight excluding hydrogens is 236 g/mol. The zero-order valence-corrected chi connectivity index (χ0v) is 10.0. The van der Waals surface area contributed by atoms with Crippen LogP contribution in [0, 0.1) is 6.92 Å². The third-order valence-electron chi connectivity index (χ3n) is 2.86. The Morgan fingerprint density at radius 2 is 2.29 bits per heavy atom. The highest BCUT2D eigenvalue weighted by Crippen LogP contribution is 2.44. The summed E-state index contributed by atoms with van der Waals surface area (Å²) in [6.45, 7) is 2.47. The smallest absolute Gasteiger partial charge is 0.345 e. The number of fused-ring (bicyclic) bond motifs is 3. The summed E-state index contributed by atoms with van der Waals surface area (Å²) < 4.78 is 5.64. The van der Waals surface area contributed by atoms with Crippen LogP contribution in [0.4, 0.5) is 0 Å². The van der Waals surface area contributed by atoms with Crippen LogP contribution in [-0.2, 0) is 6.61 Å². The summed E-state index contributed by atoms with van der Waals surface area (Å²) in [5.41, 5.74) is 3.11. The molecule has 3 nitrogen and oxygen atoms in total. The minimum absolute atomic E-state index is 0.370. The zero-order valence-electron chi connectivity index (χ0n) is 9.19. The van der Waals surface area contributed by atoms with Crippen LogP contribution in [-0.4, -0.2) is 11.1 Å². The molecular formula is C13H10O3S. The van der Waals surface area contributed by atoms with Gasteiger partial charge in [0.25, 0.3) is 0 Å². The molecule has 0 spiro atoms. The van der Waals surface area contributed by atoms with Gasteiger partial charge in [-0.15, -0.1) is 11.3 Å². The Hall–Kier alpha value is -1.81. The standard InChI is InChI=1S/C13H10O3S/c1-7-3-2-4-9-11(7)12-8(6-16-9)5-10(17-12)13(14)15/h2-5H,6H2,1H3,(H,14,15). The molecule has 0 amide bonds. The normalized spacial score (nSPS) is 12.5. The van der Waals surface area contributed by atoms with Crippen molar-refractivity contribution in [1.82, 2.24) is 0 Å². The van der Waals surface area contributed by atoms with E-state index >= 15 is 0 Å². The van der Waals surface area contributed by atoms with Crippen molar-refractivity contribution in [3.8, 4) is 16.2 Å². The summed E-state index contributed by atoms with van der Waals surface area (Å²) in [5.74, 6) is -0.0316. The number of aromatic carboxylic acids is 1. The molecule has 0 saturated carbocycles. The van der Waals surface area contributed by atoms with E-state index in [1.54, 1.807) is 6.07 Å². The Labute approximate surface area is 102 Å². The molecule has 0 saturated heterocycles. The van der Waals surface area contributed by atoms with Gasteiger partial charge in [-0.25, -0.2) is 4.79 Å². The fraction of sp³-hybridized carbons (Fsp3) is 0.154. The van der Waals surface area contributed by atoms with Crippen molar-refractivity contribution in [3.05, 3.63) is 40.3 Å². The molecule has 86 valence electrons. The van der Waals surface area contributed by atoms with Gasteiger partial charge in [0.2, 0.25) is 0 Å². The second-order valence-corrected chi connectivity index (χ2v) is 5.06. The lowest BCUT2D eigenvalue weighted by atomic mass is 10.0. The summed E-state index contributed by atoms with van der Waals surface area (Å²) in [7, 11) is 0. The minimum atomic E-state index is -0.875. The Morgan fingerprint density at radius 1 is 1.47 bits per heavy atom. The predicted octanol–water partition coefficient (Wildman–Crippen LogP) is 3.31. The lowest BCUT2D eigenvalue weighted by Crippen LogP contribution is -2.03. The second kappa shape index (κ2) is 3.60. The van der Waals surface area contributed by atoms with Crippen molar-refractivity contribution in [2.75, 3.05) is 0 Å². The van der Waals surface area contributed by atoms with E-state index in [9.17, 15) is 4.79 Å². The molecule has 2 aromatic rings. The third-order valence-corrected chi connectivity index (χ3v) is 4.05. The summed E-state index contributed by atoms with van der Waals surface area (Å²) in [6, 6.07) is 7.59. The van der Waals surface area contributed by atoms with Crippen LogP contribution in [0.2, 0.25) is 0 Å². The molecule has 0 aliphatic carbocycles. The van der Waals surface area contributed by atoms with Gasteiger partial charge < -0.3 is 9.84 Å². The Bertz CT molecular complexity index is 613. The highest BCUT2D eigenvalue weighted by atomic mass is 32.1. The number of hydrogen-bond acceptors (Lipinski definition) is 3. The quantitative estimate of drug-likeness (QED) is 0.839. The molecule has 17 heavy (non-hydrogen) atoms. The van der Waals surface area contributed by atoms with Crippen molar-refractivity contribution < 1.29 is 14.6 Å². The van der Waals surface area contributed by atoms with Gasteiger partial charge in [-0.1, -0.05) is 12.1 Å². The van der Waals surface area contributed by atoms with Crippen LogP contribution in [0.25, 0.3) is 10.4 Å². The van der Waals surface area contributed by atoms with Crippen molar-refractivity contribution in [2.24, 2.45) is 0 Å². The fourth-order valence-electron chi connectivity index (χ4n) is 2.06. The number of rotatable bonds is 1. The first-order valence-electron chi connectivity index (χ1n) is 5.25. The van der Waals surface area contributed by atoms with Crippen molar-refractivity contribution in [2.45, 2.75) is 13.5 Å². The summed E-state index contributed by atoms with van der Waals surface area (Å²) in [5, 5.41) is 9.02. The van der Waals surface area contributed by atoms with Gasteiger partial charge in [0.05, 0.1) is 0 Å². The Morgan fingerprint density at radius 3 is 3.06 bits per heavy atom. The second-order valence-electron chi connectivity index (χ2n) is 4.01. The molecule has 1 aliphatic rings. The molecule has 2 heterocycles. The highest BCUT2D eigenvalue weighted by Gasteiger charge is 2.23. The molecule has 0 bridgehead atoms. The average Bonchev–Trinajstić information content (AvgIpc) is 2.73. The molecule has 1 aliphatic heterocycles. The van der Waals surface area contributed by atoms with Crippen LogP contribution in [0.1, 0.15) is 20.8 Å². The van der Waals surface area contributed by atoms with Gasteiger partial charge in [-0.05, 0) is 24.6 Å². The largest absolute Gasteiger partial charge is 0.488 e. The lowest BCUT2D eigenvalue weighted by Gasteiger charge is -2.19. The summed E-state index contributed by atoms with van der Waals surface area (Å²) >= 11 is 1.32. The summed E-state index contributed by atoms with van der Waals surface area (Å²) in [6.07, 6.45) is 0. The van der Waals surface area contributed by atoms with E-state index in [0.29, 0.717) is 11.5 Å². The topological polar surface area (TPSA) is 46.5 Å². The average molecular weight is 246 g/mol. The maximum Gasteiger partial charge on any atom is 0.345 e. The highest BCUT2D eigenvalue weighted by molar-refractivity contribution is 7.17. The maximum atomic E-state index is 11.0. The SMILES string of the molecule is Cc1cccc2c1-c1sc(C(=O)O)cc1CO2. The number of benzene rings is 1. The van der Waals surface area contributed by atoms with Crippen LogP contribution >= 0.6 is 11.3 Å². The van der Waals surface area contributed by atoms with Crippen molar-refractivity contribution >= 4 is 17.3 Å². The molecule has 0 fully saturated rings. The third kappa shape index (κ3) is 1.52. The van der Waals surface area contributed by atoms with Gasteiger partial charge in [-0.2, -0.15) is 0 Å². The van der Waals surface area contributed by atoms with Crippen LogP contribution in [0.3, 0.4) is 0 Å². The van der Waals surface area contributed by atoms with Gasteiger partial charge in [0.1, 0.15) is 17.2 Å². The number of ether oxygens (including phenoxy) is 1. The fourth-order valence-corrected chi connectivity index (χ4v) is 3.18. The van der Waals surface area contributed by atoms with Gasteiger partial charge in [0, 0.05) is 16.0 Å². The molecule has 4 heteroatoms. The Kier molecular flexibility index (Phi) is 2.19. The lowest BCUT2D eigenvalue weighted by molar-refractivity contribution is 0.0702. The van der Waals surface area contributed by atoms with Gasteiger partial charge in [0.15, 0.2) is 0 Å². The van der Waals surface area contributed by atoms with E-state index < -0.39 is 5.97 Å². The Balaban J connectivity index is 2.25. The van der Waals surface area contributed by atoms with E-state index in [1.165, 1.54) is 11.3 Å². The first kappa shape index (κ1) is 10.4. The molecule has 1 aromatic carbocycles. The molecule has 0 atom stereocenters. The number of thiophene rings is 1. The van der Waals surface area contributed by atoms with E-state index in [-0.39, 0.29) is 0 Å².